The summed E-state index contributed by atoms with van der Waals surface area (Å²) in [5.74, 6) is 5.71. The van der Waals surface area contributed by atoms with Gasteiger partial charge in [-0.2, -0.15) is 0 Å². The van der Waals surface area contributed by atoms with Crippen molar-refractivity contribution < 1.29 is 9.90 Å². The predicted octanol–water partition coefficient (Wildman–Crippen LogP) is 1.53. The Morgan fingerprint density at radius 3 is 2.58 bits per heavy atom. The Morgan fingerprint density at radius 2 is 1.86 bits per heavy atom. The molecule has 0 spiro atoms. The number of fused-ring (bicyclic) bond motifs is 1. The third-order valence-corrected chi connectivity index (χ3v) is 5.32. The van der Waals surface area contributed by atoms with Gasteiger partial charge >= 0.3 is 0 Å². The van der Waals surface area contributed by atoms with Gasteiger partial charge in [0, 0.05) is 18.0 Å². The van der Waals surface area contributed by atoms with E-state index in [1.54, 1.807) is 44.2 Å². The number of nitrogens with zero attached hydrogens (tertiary/aromatic N) is 4. The summed E-state index contributed by atoms with van der Waals surface area (Å²) in [7, 11) is 0. The van der Waals surface area contributed by atoms with Crippen molar-refractivity contribution in [1.82, 2.24) is 30.2 Å². The molecule has 0 fully saturated rings. The molecule has 4 aromatic rings. The molecule has 36 heavy (non-hydrogen) atoms. The van der Waals surface area contributed by atoms with Crippen LogP contribution in [0, 0.1) is 11.8 Å². The maximum atomic E-state index is 13.9. The summed E-state index contributed by atoms with van der Waals surface area (Å²) >= 11 is 0. The number of amides is 1. The van der Waals surface area contributed by atoms with Crippen molar-refractivity contribution in [2.24, 2.45) is 0 Å². The van der Waals surface area contributed by atoms with Gasteiger partial charge in [0.25, 0.3) is 11.5 Å². The molecule has 0 aliphatic carbocycles. The summed E-state index contributed by atoms with van der Waals surface area (Å²) in [5.41, 5.74) is 7.01. The molecular weight excluding hydrogens is 458 g/mol. The van der Waals surface area contributed by atoms with Gasteiger partial charge in [0.1, 0.15) is 12.1 Å². The van der Waals surface area contributed by atoms with Crippen LogP contribution in [-0.4, -0.2) is 43.3 Å². The number of hydrogen-bond donors (Lipinski definition) is 4. The lowest BCUT2D eigenvalue weighted by atomic mass is 10.1. The smallest absolute Gasteiger partial charge is 0.274 e. The summed E-state index contributed by atoms with van der Waals surface area (Å²) in [5, 5.41) is 15.3. The van der Waals surface area contributed by atoms with E-state index >= 15 is 0 Å². The monoisotopic (exact) mass is 483 g/mol. The molecule has 0 radical (unpaired) electrons. The molecular formula is C26H25N7O3. The molecule has 2 unspecified atom stereocenters. The maximum absolute atomic E-state index is 13.9. The van der Waals surface area contributed by atoms with Crippen molar-refractivity contribution in [3.05, 3.63) is 88.4 Å². The highest BCUT2D eigenvalue weighted by Gasteiger charge is 2.22. The van der Waals surface area contributed by atoms with E-state index < -0.39 is 18.2 Å². The molecule has 0 saturated carbocycles. The fraction of sp³-hybridized carbons (Fsp3) is 0.192. The molecule has 2 aromatic carbocycles. The van der Waals surface area contributed by atoms with E-state index in [4.69, 9.17) is 10.7 Å². The van der Waals surface area contributed by atoms with Crippen LogP contribution < -0.4 is 21.9 Å². The fourth-order valence-corrected chi connectivity index (χ4v) is 3.66. The summed E-state index contributed by atoms with van der Waals surface area (Å²) < 4.78 is 1.46. The number of carbonyl (C=O) groups is 1. The summed E-state index contributed by atoms with van der Waals surface area (Å²) in [4.78, 5) is 39.4. The zero-order chi connectivity index (χ0) is 25.7. The molecule has 0 aliphatic rings. The molecule has 5 N–H and O–H groups in total. The van der Waals surface area contributed by atoms with E-state index in [1.165, 1.54) is 17.0 Å². The van der Waals surface area contributed by atoms with E-state index in [9.17, 15) is 14.7 Å². The Labute approximate surface area is 207 Å². The van der Waals surface area contributed by atoms with Crippen LogP contribution in [0.4, 0.5) is 5.82 Å². The van der Waals surface area contributed by atoms with Gasteiger partial charge in [0.05, 0.1) is 29.2 Å². The molecule has 0 aliphatic heterocycles. The third-order valence-electron chi connectivity index (χ3n) is 5.32. The minimum atomic E-state index is -0.694. The van der Waals surface area contributed by atoms with Crippen LogP contribution in [-0.2, 0) is 0 Å². The van der Waals surface area contributed by atoms with Gasteiger partial charge in [-0.1, -0.05) is 36.1 Å². The number of carbonyl (C=O) groups excluding carboxylic acids is 1. The molecule has 2 aromatic heterocycles. The van der Waals surface area contributed by atoms with Crippen LogP contribution in [0.1, 0.15) is 41.8 Å². The number of aliphatic hydroxyl groups excluding tert-OH is 1. The minimum Gasteiger partial charge on any atom is -0.382 e. The number of nitrogens with two attached hydrogens (primary N) is 1. The summed E-state index contributed by atoms with van der Waals surface area (Å²) in [6.45, 7) is 3.58. The molecule has 1 amide bonds. The summed E-state index contributed by atoms with van der Waals surface area (Å²) in [6, 6.07) is 13.6. The first-order chi connectivity index (χ1) is 17.4. The number of para-hydroxylation sites is 1. The van der Waals surface area contributed by atoms with Crippen molar-refractivity contribution in [2.75, 3.05) is 12.3 Å². The normalized spacial score (nSPS) is 12.4. The van der Waals surface area contributed by atoms with E-state index in [0.717, 1.165) is 0 Å². The topological polar surface area (TPSA) is 148 Å². The number of anilines is 1. The lowest BCUT2D eigenvalue weighted by Crippen LogP contribution is -2.34. The van der Waals surface area contributed by atoms with Crippen LogP contribution in [0.25, 0.3) is 16.6 Å². The number of aromatic nitrogens is 4. The Hall–Kier alpha value is -4.59. The van der Waals surface area contributed by atoms with Gasteiger partial charge in [-0.05, 0) is 38.1 Å². The standard InChI is InChI=1S/C26H25N7O3/c1-16(31-25(35)22-23(27)30-15-14-29-22)24-32-20-12-6-8-18(9-7-13-28-17(2)34)21(20)26(36)33(24)19-10-4-3-5-11-19/h3-6,8,10-12,14-17,28,34H,13H2,1-2H3,(H2,27,30)(H,31,35). The van der Waals surface area contributed by atoms with Gasteiger partial charge in [-0.3, -0.25) is 19.5 Å². The van der Waals surface area contributed by atoms with Crippen LogP contribution in [0.15, 0.2) is 65.7 Å². The van der Waals surface area contributed by atoms with Gasteiger partial charge in [-0.25, -0.2) is 15.0 Å². The first kappa shape index (κ1) is 24.5. The zero-order valence-electron chi connectivity index (χ0n) is 19.8. The molecule has 10 heteroatoms. The largest absolute Gasteiger partial charge is 0.382 e. The van der Waals surface area contributed by atoms with E-state index in [-0.39, 0.29) is 23.6 Å². The van der Waals surface area contributed by atoms with Crippen LogP contribution in [0.5, 0.6) is 0 Å². The Morgan fingerprint density at radius 1 is 1.11 bits per heavy atom. The van der Waals surface area contributed by atoms with Gasteiger partial charge in [0.15, 0.2) is 11.5 Å². The molecule has 4 rings (SSSR count). The van der Waals surface area contributed by atoms with Gasteiger partial charge in [-0.15, -0.1) is 0 Å². The third kappa shape index (κ3) is 5.22. The lowest BCUT2D eigenvalue weighted by molar-refractivity contribution is 0.0933. The van der Waals surface area contributed by atoms with Crippen molar-refractivity contribution in [1.29, 1.82) is 0 Å². The van der Waals surface area contributed by atoms with Crippen molar-refractivity contribution in [3.63, 3.8) is 0 Å². The number of rotatable bonds is 6. The SMILES string of the molecule is CC(O)NCC#Cc1cccc2nc(C(C)NC(=O)c3nccnc3N)n(-c3ccccc3)c(=O)c12. The second-order valence-corrected chi connectivity index (χ2v) is 7.99. The van der Waals surface area contributed by atoms with Gasteiger partial charge in [0.2, 0.25) is 0 Å². The first-order valence-electron chi connectivity index (χ1n) is 11.3. The second kappa shape index (κ2) is 10.8. The average Bonchev–Trinajstić information content (AvgIpc) is 2.87. The van der Waals surface area contributed by atoms with Gasteiger partial charge < -0.3 is 16.2 Å². The van der Waals surface area contributed by atoms with Crippen LogP contribution >= 0.6 is 0 Å². The van der Waals surface area contributed by atoms with Crippen molar-refractivity contribution in [2.45, 2.75) is 26.1 Å². The fourth-order valence-electron chi connectivity index (χ4n) is 3.66. The highest BCUT2D eigenvalue weighted by molar-refractivity contribution is 5.96. The van der Waals surface area contributed by atoms with E-state index in [1.807, 2.05) is 18.2 Å². The number of nitrogens with one attached hydrogen (secondary N) is 2. The van der Waals surface area contributed by atoms with Crippen LogP contribution in [0.2, 0.25) is 0 Å². The first-order valence-corrected chi connectivity index (χ1v) is 11.3. The number of aliphatic hydroxyl groups is 1. The van der Waals surface area contributed by atoms with E-state index in [2.05, 4.69) is 32.4 Å². The second-order valence-electron chi connectivity index (χ2n) is 7.99. The number of hydrogen-bond acceptors (Lipinski definition) is 8. The number of benzene rings is 2. The maximum Gasteiger partial charge on any atom is 0.274 e. The van der Waals surface area contributed by atoms with Crippen LogP contribution in [0.3, 0.4) is 0 Å². The highest BCUT2D eigenvalue weighted by atomic mass is 16.3. The quantitative estimate of drug-likeness (QED) is 0.238. The Balaban J connectivity index is 1.83. The molecule has 0 bridgehead atoms. The zero-order valence-corrected chi connectivity index (χ0v) is 19.8. The Bertz CT molecular complexity index is 1520. The molecule has 0 saturated heterocycles. The predicted molar refractivity (Wildman–Crippen MR) is 136 cm³/mol. The highest BCUT2D eigenvalue weighted by Crippen LogP contribution is 2.20. The van der Waals surface area contributed by atoms with Crippen molar-refractivity contribution in [3.8, 4) is 17.5 Å². The molecule has 10 nitrogen and oxygen atoms in total. The summed E-state index contributed by atoms with van der Waals surface area (Å²) in [6.07, 6.45) is 2.08. The minimum absolute atomic E-state index is 0.00224. The van der Waals surface area contributed by atoms with E-state index in [0.29, 0.717) is 28.0 Å². The van der Waals surface area contributed by atoms with Crippen molar-refractivity contribution >= 4 is 22.6 Å². The Kier molecular flexibility index (Phi) is 7.34. The average molecular weight is 484 g/mol. The number of nitrogen functional groups attached to an aromatic ring is 1. The molecule has 2 atom stereocenters. The molecule has 182 valence electrons. The lowest BCUT2D eigenvalue weighted by Gasteiger charge is -2.20. The molecule has 2 heterocycles.